The first-order valence-electron chi connectivity index (χ1n) is 12.5. The quantitative estimate of drug-likeness (QED) is 0.583. The molecule has 3 aromatic rings. The summed E-state index contributed by atoms with van der Waals surface area (Å²) < 4.78 is 2.07. The molecule has 178 valence electrons. The minimum Gasteiger partial charge on any atom is -0.383 e. The van der Waals surface area contributed by atoms with Crippen molar-refractivity contribution in [1.29, 1.82) is 0 Å². The Bertz CT molecular complexity index is 1440. The number of allylic oxidation sites excluding steroid dienone is 2. The molecule has 7 heteroatoms. The summed E-state index contributed by atoms with van der Waals surface area (Å²) in [6.45, 7) is 2.97. The first-order chi connectivity index (χ1) is 16.9. The van der Waals surface area contributed by atoms with Gasteiger partial charge < -0.3 is 15.2 Å². The van der Waals surface area contributed by atoms with E-state index in [1.165, 1.54) is 31.2 Å². The van der Waals surface area contributed by atoms with Gasteiger partial charge in [-0.05, 0) is 69.1 Å². The van der Waals surface area contributed by atoms with Crippen molar-refractivity contribution in [2.24, 2.45) is 13.0 Å². The number of pyridine rings is 1. The third kappa shape index (κ3) is 3.35. The fourth-order valence-corrected chi connectivity index (χ4v) is 6.24. The van der Waals surface area contributed by atoms with Crippen molar-refractivity contribution in [3.63, 3.8) is 0 Å². The van der Waals surface area contributed by atoms with Crippen molar-refractivity contribution >= 4 is 28.3 Å². The molecule has 7 nitrogen and oxygen atoms in total. The molecular weight excluding hydrogens is 436 g/mol. The number of rotatable bonds is 3. The Hall–Kier alpha value is -3.66. The number of amides is 1. The second kappa shape index (κ2) is 7.94. The molecule has 2 fully saturated rings. The molecule has 2 N–H and O–H groups in total. The molecule has 0 radical (unpaired) electrons. The van der Waals surface area contributed by atoms with Crippen molar-refractivity contribution < 1.29 is 4.79 Å². The van der Waals surface area contributed by atoms with Gasteiger partial charge in [0.15, 0.2) is 0 Å². The van der Waals surface area contributed by atoms with Gasteiger partial charge in [0, 0.05) is 42.4 Å². The molecule has 1 aliphatic heterocycles. The lowest BCUT2D eigenvalue weighted by Gasteiger charge is -2.30. The normalized spacial score (nSPS) is 20.8. The van der Waals surface area contributed by atoms with E-state index in [-0.39, 0.29) is 11.5 Å². The fraction of sp³-hybridized carbons (Fsp3) is 0.429. The monoisotopic (exact) mass is 466 g/mol. The molecule has 3 aromatic heterocycles. The van der Waals surface area contributed by atoms with Crippen LogP contribution in [0.2, 0.25) is 0 Å². The number of carbonyl (C=O) groups excluding carboxylic acids is 1. The molecule has 35 heavy (non-hydrogen) atoms. The van der Waals surface area contributed by atoms with Crippen LogP contribution in [-0.2, 0) is 11.8 Å². The molecule has 0 unspecified atom stereocenters. The van der Waals surface area contributed by atoms with Gasteiger partial charge in [-0.3, -0.25) is 4.79 Å². The van der Waals surface area contributed by atoms with Gasteiger partial charge in [-0.2, -0.15) is 0 Å². The average molecular weight is 467 g/mol. The molecular formula is C28H30N6O. The zero-order valence-corrected chi connectivity index (χ0v) is 20.3. The second-order valence-corrected chi connectivity index (χ2v) is 10.3. The highest BCUT2D eigenvalue weighted by Gasteiger charge is 2.53. The zero-order valence-electron chi connectivity index (χ0n) is 20.3. The predicted molar refractivity (Wildman–Crippen MR) is 137 cm³/mol. The van der Waals surface area contributed by atoms with E-state index in [0.29, 0.717) is 17.4 Å². The average Bonchev–Trinajstić information content (AvgIpc) is 3.42. The highest BCUT2D eigenvalue weighted by atomic mass is 16.2. The highest BCUT2D eigenvalue weighted by molar-refractivity contribution is 6.04. The third-order valence-electron chi connectivity index (χ3n) is 8.28. The Morgan fingerprint density at radius 2 is 2.09 bits per heavy atom. The topological polar surface area (TPSA) is 89.9 Å². The number of nitrogens with zero attached hydrogens (tertiary/aromatic N) is 5. The van der Waals surface area contributed by atoms with Crippen molar-refractivity contribution in [3.8, 4) is 23.6 Å². The molecule has 1 spiro atoms. The molecule has 6 rings (SSSR count). The molecule has 1 atom stereocenters. The van der Waals surface area contributed by atoms with E-state index in [2.05, 4.69) is 36.4 Å². The van der Waals surface area contributed by atoms with E-state index in [1.807, 2.05) is 26.2 Å². The number of aromatic nitrogens is 4. The van der Waals surface area contributed by atoms with Crippen LogP contribution in [0, 0.1) is 25.2 Å². The summed E-state index contributed by atoms with van der Waals surface area (Å²) in [5.41, 5.74) is 13.3. The van der Waals surface area contributed by atoms with Crippen LogP contribution in [0.25, 0.3) is 27.9 Å². The lowest BCUT2D eigenvalue weighted by molar-refractivity contribution is -0.137. The van der Waals surface area contributed by atoms with Crippen LogP contribution in [0.4, 0.5) is 5.82 Å². The summed E-state index contributed by atoms with van der Waals surface area (Å²) in [6, 6.07) is 1.93. The van der Waals surface area contributed by atoms with Crippen molar-refractivity contribution in [3.05, 3.63) is 41.5 Å². The van der Waals surface area contributed by atoms with Gasteiger partial charge in [-0.15, -0.1) is 6.42 Å². The van der Waals surface area contributed by atoms with Crippen LogP contribution in [0.1, 0.15) is 61.8 Å². The van der Waals surface area contributed by atoms with Crippen LogP contribution in [-0.4, -0.2) is 42.4 Å². The van der Waals surface area contributed by atoms with Crippen molar-refractivity contribution in [1.82, 2.24) is 24.4 Å². The maximum absolute atomic E-state index is 13.4. The Kier molecular flexibility index (Phi) is 4.96. The molecule has 0 aromatic carbocycles. The summed E-state index contributed by atoms with van der Waals surface area (Å²) in [6.07, 6.45) is 18.2. The lowest BCUT2D eigenvalue weighted by atomic mass is 9.84. The molecule has 1 amide bonds. The Morgan fingerprint density at radius 3 is 2.77 bits per heavy atom. The van der Waals surface area contributed by atoms with Gasteiger partial charge in [-0.1, -0.05) is 12.0 Å². The molecule has 2 aliphatic carbocycles. The number of nitrogens with two attached hydrogens (primary N) is 1. The van der Waals surface area contributed by atoms with E-state index in [4.69, 9.17) is 12.2 Å². The Morgan fingerprint density at radius 1 is 1.26 bits per heavy atom. The summed E-state index contributed by atoms with van der Waals surface area (Å²) in [4.78, 5) is 28.9. The first kappa shape index (κ1) is 21.8. The molecule has 4 heterocycles. The van der Waals surface area contributed by atoms with Crippen LogP contribution >= 0.6 is 0 Å². The summed E-state index contributed by atoms with van der Waals surface area (Å²) in [5.74, 6) is 3.48. The summed E-state index contributed by atoms with van der Waals surface area (Å²) >= 11 is 0. The van der Waals surface area contributed by atoms with Crippen molar-refractivity contribution in [2.45, 2.75) is 57.4 Å². The largest absolute Gasteiger partial charge is 0.383 e. The van der Waals surface area contributed by atoms with Crippen molar-refractivity contribution in [2.75, 3.05) is 12.3 Å². The molecule has 3 aliphatic rings. The number of hydrogen-bond acceptors (Lipinski definition) is 5. The van der Waals surface area contributed by atoms with Gasteiger partial charge in [0.1, 0.15) is 23.5 Å². The lowest BCUT2D eigenvalue weighted by Crippen LogP contribution is -2.41. The fourth-order valence-electron chi connectivity index (χ4n) is 6.24. The van der Waals surface area contributed by atoms with Crippen LogP contribution < -0.4 is 5.73 Å². The third-order valence-corrected chi connectivity index (χ3v) is 8.28. The SMILES string of the molecule is C#Cc1cc(C)c(-c2c(C3=CC[C@H](C(=O)N4CCCC45CC5)CC3)c3c(N)ncnc3n2C)cn1. The number of fused-ring (bicyclic) bond motifs is 1. The molecule has 0 bridgehead atoms. The Balaban J connectivity index is 1.42. The summed E-state index contributed by atoms with van der Waals surface area (Å²) in [7, 11) is 2.00. The van der Waals surface area contributed by atoms with Gasteiger partial charge in [0.25, 0.3) is 0 Å². The number of nitrogen functional groups attached to an aromatic ring is 1. The highest BCUT2D eigenvalue weighted by Crippen LogP contribution is 2.51. The minimum absolute atomic E-state index is 0.0552. The smallest absolute Gasteiger partial charge is 0.226 e. The number of likely N-dealkylation sites (tertiary alicyclic amines) is 1. The number of hydrogen-bond donors (Lipinski definition) is 1. The second-order valence-electron chi connectivity index (χ2n) is 10.3. The van der Waals surface area contributed by atoms with Crippen LogP contribution in [0.3, 0.4) is 0 Å². The van der Waals surface area contributed by atoms with Crippen LogP contribution in [0.15, 0.2) is 24.7 Å². The summed E-state index contributed by atoms with van der Waals surface area (Å²) in [5, 5.41) is 0.859. The number of anilines is 1. The molecule has 1 saturated carbocycles. The number of aryl methyl sites for hydroxylation is 2. The maximum atomic E-state index is 13.4. The van der Waals surface area contributed by atoms with E-state index in [0.717, 1.165) is 65.6 Å². The van der Waals surface area contributed by atoms with Gasteiger partial charge in [0.2, 0.25) is 5.91 Å². The molecule has 1 saturated heterocycles. The number of carbonyl (C=O) groups is 1. The van der Waals surface area contributed by atoms with E-state index >= 15 is 0 Å². The predicted octanol–water partition coefficient (Wildman–Crippen LogP) is 4.24. The van der Waals surface area contributed by atoms with E-state index in [9.17, 15) is 4.79 Å². The van der Waals surface area contributed by atoms with Gasteiger partial charge in [0.05, 0.1) is 11.1 Å². The Labute approximate surface area is 205 Å². The van der Waals surface area contributed by atoms with Gasteiger partial charge in [-0.25, -0.2) is 15.0 Å². The minimum atomic E-state index is 0.0552. The van der Waals surface area contributed by atoms with Gasteiger partial charge >= 0.3 is 0 Å². The number of terminal acetylenes is 1. The standard InChI is InChI=1S/C28H30N6O/c1-4-20-14-17(2)21(15-30-20)24-22(23-25(29)31-16-32-26(23)33(24)3)18-6-8-19(9-7-18)27(35)34-13-5-10-28(34)11-12-28/h1,6,14-16,19H,5,7-13H2,2-3H3,(H2,29,31,32)/t19-/m0/s1. The van der Waals surface area contributed by atoms with Crippen LogP contribution in [0.5, 0.6) is 0 Å². The zero-order chi connectivity index (χ0) is 24.3. The maximum Gasteiger partial charge on any atom is 0.226 e. The first-order valence-corrected chi connectivity index (χ1v) is 12.5. The van der Waals surface area contributed by atoms with E-state index in [1.54, 1.807) is 0 Å². The van der Waals surface area contributed by atoms with E-state index < -0.39 is 0 Å².